The normalized spacial score (nSPS) is 12.9. The van der Waals surface area contributed by atoms with E-state index in [0.717, 1.165) is 25.1 Å². The minimum absolute atomic E-state index is 0.00558. The van der Waals surface area contributed by atoms with Gasteiger partial charge in [-0.05, 0) is 33.4 Å². The first kappa shape index (κ1) is 15.7. The molecule has 2 N–H and O–H groups in total. The second-order valence-electron chi connectivity index (χ2n) is 4.91. The summed E-state index contributed by atoms with van der Waals surface area (Å²) in [6.07, 6.45) is 1.14. The molecule has 1 heterocycles. The zero-order valence-corrected chi connectivity index (χ0v) is 12.2. The third kappa shape index (κ3) is 4.69. The number of carbonyl (C=O) groups is 1. The molecule has 5 nitrogen and oxygen atoms in total. The Morgan fingerprint density at radius 2 is 2.26 bits per heavy atom. The number of rotatable bonds is 8. The molecule has 0 spiro atoms. The van der Waals surface area contributed by atoms with Crippen LogP contribution in [0.3, 0.4) is 0 Å². The first-order valence-electron chi connectivity index (χ1n) is 6.69. The Morgan fingerprint density at radius 1 is 1.58 bits per heavy atom. The molecule has 1 aromatic rings. The zero-order chi connectivity index (χ0) is 14.4. The van der Waals surface area contributed by atoms with Crippen LogP contribution in [0.25, 0.3) is 0 Å². The van der Waals surface area contributed by atoms with Gasteiger partial charge in [-0.3, -0.25) is 0 Å². The van der Waals surface area contributed by atoms with Crippen molar-refractivity contribution in [2.24, 2.45) is 0 Å². The molecule has 1 unspecified atom stereocenters. The largest absolute Gasteiger partial charge is 0.475 e. The molecule has 0 aliphatic rings. The Kier molecular flexibility index (Phi) is 6.05. The van der Waals surface area contributed by atoms with Gasteiger partial charge in [0.1, 0.15) is 5.76 Å². The molecule has 1 aromatic heterocycles. The minimum Gasteiger partial charge on any atom is -0.475 e. The third-order valence-electron chi connectivity index (χ3n) is 3.53. The highest BCUT2D eigenvalue weighted by Crippen LogP contribution is 2.14. The van der Waals surface area contributed by atoms with E-state index in [1.54, 1.807) is 13.0 Å². The number of carboxylic acids is 1. The van der Waals surface area contributed by atoms with E-state index in [9.17, 15) is 4.79 Å². The molecule has 0 aromatic carbocycles. The van der Waals surface area contributed by atoms with E-state index in [4.69, 9.17) is 9.52 Å². The van der Waals surface area contributed by atoms with Crippen LogP contribution in [0, 0.1) is 6.92 Å². The van der Waals surface area contributed by atoms with Gasteiger partial charge in [0.2, 0.25) is 5.76 Å². The Morgan fingerprint density at radius 3 is 2.79 bits per heavy atom. The summed E-state index contributed by atoms with van der Waals surface area (Å²) < 4.78 is 5.16. The van der Waals surface area contributed by atoms with E-state index < -0.39 is 5.97 Å². The Labute approximate surface area is 114 Å². The Balaban J connectivity index is 2.35. The van der Waals surface area contributed by atoms with Crippen molar-refractivity contribution in [3.8, 4) is 0 Å². The summed E-state index contributed by atoms with van der Waals surface area (Å²) in [4.78, 5) is 13.1. The van der Waals surface area contributed by atoms with Gasteiger partial charge in [-0.2, -0.15) is 0 Å². The predicted octanol–water partition coefficient (Wildman–Crippen LogP) is 2.11. The Hall–Kier alpha value is -1.33. The number of carboxylic acid groups (broad SMARTS) is 1. The van der Waals surface area contributed by atoms with Crippen molar-refractivity contribution in [1.82, 2.24) is 10.2 Å². The van der Waals surface area contributed by atoms with Crippen molar-refractivity contribution in [3.05, 3.63) is 23.2 Å². The van der Waals surface area contributed by atoms with Gasteiger partial charge in [0, 0.05) is 31.2 Å². The van der Waals surface area contributed by atoms with Crippen LogP contribution in [0.5, 0.6) is 0 Å². The molecule has 0 saturated carbocycles. The van der Waals surface area contributed by atoms with Crippen molar-refractivity contribution in [2.75, 3.05) is 20.1 Å². The number of furan rings is 1. The summed E-state index contributed by atoms with van der Waals surface area (Å²) in [5.74, 6) is -0.350. The topological polar surface area (TPSA) is 65.7 Å². The standard InChI is InChI=1S/C14H24N2O3/c1-5-10(2)16(4)7-6-15-9-12-8-13(14(17)18)19-11(12)3/h8,10,15H,5-7,9H2,1-4H3,(H,17,18). The van der Waals surface area contributed by atoms with Crippen molar-refractivity contribution < 1.29 is 14.3 Å². The van der Waals surface area contributed by atoms with Crippen LogP contribution < -0.4 is 5.32 Å². The van der Waals surface area contributed by atoms with E-state index in [1.165, 1.54) is 0 Å². The fraction of sp³-hybridized carbons (Fsp3) is 0.643. The fourth-order valence-electron chi connectivity index (χ4n) is 1.81. The van der Waals surface area contributed by atoms with Gasteiger partial charge in [-0.15, -0.1) is 0 Å². The maximum Gasteiger partial charge on any atom is 0.371 e. The molecule has 0 amide bonds. The van der Waals surface area contributed by atoms with E-state index in [2.05, 4.69) is 31.1 Å². The molecule has 108 valence electrons. The van der Waals surface area contributed by atoms with Gasteiger partial charge >= 0.3 is 5.97 Å². The summed E-state index contributed by atoms with van der Waals surface area (Å²) in [5, 5.41) is 12.1. The second-order valence-corrected chi connectivity index (χ2v) is 4.91. The predicted molar refractivity (Wildman–Crippen MR) is 74.5 cm³/mol. The summed E-state index contributed by atoms with van der Waals surface area (Å²) >= 11 is 0. The van der Waals surface area contributed by atoms with Gasteiger partial charge < -0.3 is 19.7 Å². The van der Waals surface area contributed by atoms with Crippen LogP contribution in [0.2, 0.25) is 0 Å². The van der Waals surface area contributed by atoms with E-state index in [-0.39, 0.29) is 5.76 Å². The number of aryl methyl sites for hydroxylation is 1. The van der Waals surface area contributed by atoms with Gasteiger partial charge in [-0.25, -0.2) is 4.79 Å². The second kappa shape index (κ2) is 7.31. The lowest BCUT2D eigenvalue weighted by Gasteiger charge is -2.23. The minimum atomic E-state index is -1.02. The number of likely N-dealkylation sites (N-methyl/N-ethyl adjacent to an activating group) is 1. The molecule has 5 heteroatoms. The average Bonchev–Trinajstić information content (AvgIpc) is 2.75. The Bertz CT molecular complexity index is 415. The lowest BCUT2D eigenvalue weighted by atomic mass is 10.2. The molecular formula is C14H24N2O3. The summed E-state index contributed by atoms with van der Waals surface area (Å²) in [6, 6.07) is 2.17. The molecule has 0 aliphatic heterocycles. The van der Waals surface area contributed by atoms with E-state index >= 15 is 0 Å². The van der Waals surface area contributed by atoms with Crippen molar-refractivity contribution in [3.63, 3.8) is 0 Å². The molecule has 0 radical (unpaired) electrons. The van der Waals surface area contributed by atoms with E-state index in [1.807, 2.05) is 0 Å². The highest BCUT2D eigenvalue weighted by atomic mass is 16.4. The molecule has 1 atom stereocenters. The molecule has 0 bridgehead atoms. The smallest absolute Gasteiger partial charge is 0.371 e. The van der Waals surface area contributed by atoms with Crippen molar-refractivity contribution >= 4 is 5.97 Å². The maximum absolute atomic E-state index is 10.8. The monoisotopic (exact) mass is 268 g/mol. The lowest BCUT2D eigenvalue weighted by molar-refractivity contribution is 0.0661. The number of nitrogens with one attached hydrogen (secondary N) is 1. The SMILES string of the molecule is CCC(C)N(C)CCNCc1cc(C(=O)O)oc1C. The highest BCUT2D eigenvalue weighted by Gasteiger charge is 2.12. The van der Waals surface area contributed by atoms with E-state index in [0.29, 0.717) is 18.3 Å². The molecule has 0 fully saturated rings. The lowest BCUT2D eigenvalue weighted by Crippen LogP contribution is -2.34. The van der Waals surface area contributed by atoms with Crippen LogP contribution in [0.15, 0.2) is 10.5 Å². The first-order valence-corrected chi connectivity index (χ1v) is 6.69. The van der Waals surface area contributed by atoms with Crippen molar-refractivity contribution in [1.29, 1.82) is 0 Å². The molecule has 1 rings (SSSR count). The van der Waals surface area contributed by atoms with Crippen LogP contribution in [0.1, 0.15) is 42.1 Å². The molecular weight excluding hydrogens is 244 g/mol. The molecule has 0 saturated heterocycles. The number of hydrogen-bond donors (Lipinski definition) is 2. The molecule has 0 aliphatic carbocycles. The summed E-state index contributed by atoms with van der Waals surface area (Å²) in [6.45, 7) is 8.65. The van der Waals surface area contributed by atoms with Gasteiger partial charge in [0.05, 0.1) is 0 Å². The van der Waals surface area contributed by atoms with Crippen LogP contribution >= 0.6 is 0 Å². The third-order valence-corrected chi connectivity index (χ3v) is 3.53. The summed E-state index contributed by atoms with van der Waals surface area (Å²) in [5.41, 5.74) is 0.906. The van der Waals surface area contributed by atoms with Crippen LogP contribution in [-0.4, -0.2) is 42.2 Å². The van der Waals surface area contributed by atoms with Gasteiger partial charge in [0.15, 0.2) is 0 Å². The maximum atomic E-state index is 10.8. The quantitative estimate of drug-likeness (QED) is 0.707. The number of aromatic carboxylic acids is 1. The van der Waals surface area contributed by atoms with Crippen LogP contribution in [-0.2, 0) is 6.54 Å². The van der Waals surface area contributed by atoms with Gasteiger partial charge in [0.25, 0.3) is 0 Å². The average molecular weight is 268 g/mol. The van der Waals surface area contributed by atoms with Crippen molar-refractivity contribution in [2.45, 2.75) is 39.8 Å². The van der Waals surface area contributed by atoms with Crippen LogP contribution in [0.4, 0.5) is 0 Å². The summed E-state index contributed by atoms with van der Waals surface area (Å²) in [7, 11) is 2.11. The first-order chi connectivity index (χ1) is 8.95. The molecule has 19 heavy (non-hydrogen) atoms. The zero-order valence-electron chi connectivity index (χ0n) is 12.2. The van der Waals surface area contributed by atoms with Gasteiger partial charge in [-0.1, -0.05) is 6.92 Å². The number of hydrogen-bond acceptors (Lipinski definition) is 4. The fourth-order valence-corrected chi connectivity index (χ4v) is 1.81. The highest BCUT2D eigenvalue weighted by molar-refractivity contribution is 5.84. The number of nitrogens with zero attached hydrogens (tertiary/aromatic N) is 1.